The van der Waals surface area contributed by atoms with Crippen LogP contribution in [-0.4, -0.2) is 41.8 Å². The van der Waals surface area contributed by atoms with Crippen molar-refractivity contribution in [3.05, 3.63) is 12.2 Å². The van der Waals surface area contributed by atoms with Crippen molar-refractivity contribution < 1.29 is 19.1 Å². The molecule has 5 atom stereocenters. The molecule has 3 fully saturated rings. The molecule has 0 radical (unpaired) electrons. The SMILES string of the molecule is O=C1OC[C@@H]2CCCN2C(=O)[C@@H]2[C@H](C1=O)[C@@H]1C=C[C@H]2C1. The minimum atomic E-state index is -0.748. The summed E-state index contributed by atoms with van der Waals surface area (Å²) in [5.74, 6) is -1.88. The zero-order chi connectivity index (χ0) is 13.9. The van der Waals surface area contributed by atoms with E-state index < -0.39 is 17.7 Å². The fourth-order valence-electron chi connectivity index (χ4n) is 4.39. The van der Waals surface area contributed by atoms with Gasteiger partial charge in [0.2, 0.25) is 11.7 Å². The van der Waals surface area contributed by atoms with E-state index >= 15 is 0 Å². The van der Waals surface area contributed by atoms with Crippen molar-refractivity contribution in [3.63, 3.8) is 0 Å². The fourth-order valence-corrected chi connectivity index (χ4v) is 4.39. The molecule has 2 heterocycles. The number of carbonyl (C=O) groups excluding carboxylic acids is 3. The van der Waals surface area contributed by atoms with Crippen molar-refractivity contribution in [1.29, 1.82) is 0 Å². The first-order valence-corrected chi connectivity index (χ1v) is 7.36. The monoisotopic (exact) mass is 275 g/mol. The van der Waals surface area contributed by atoms with E-state index in [0.717, 1.165) is 25.8 Å². The minimum absolute atomic E-state index is 0.0353. The quantitative estimate of drug-likeness (QED) is 0.368. The number of cyclic esters (lactones) is 1. The van der Waals surface area contributed by atoms with Gasteiger partial charge in [0.1, 0.15) is 6.61 Å². The van der Waals surface area contributed by atoms with E-state index in [0.29, 0.717) is 0 Å². The Balaban J connectivity index is 1.75. The smallest absolute Gasteiger partial charge is 0.375 e. The van der Waals surface area contributed by atoms with Crippen LogP contribution >= 0.6 is 0 Å². The lowest BCUT2D eigenvalue weighted by Gasteiger charge is -2.30. The molecule has 0 aromatic heterocycles. The third kappa shape index (κ3) is 1.52. The maximum absolute atomic E-state index is 12.8. The van der Waals surface area contributed by atoms with Gasteiger partial charge in [-0.25, -0.2) is 4.79 Å². The maximum atomic E-state index is 12.8. The third-order valence-corrected chi connectivity index (χ3v) is 5.32. The first-order chi connectivity index (χ1) is 9.66. The molecule has 0 unspecified atom stereocenters. The Kier molecular flexibility index (Phi) is 2.53. The predicted molar refractivity (Wildman–Crippen MR) is 68.4 cm³/mol. The van der Waals surface area contributed by atoms with Crippen molar-refractivity contribution in [2.24, 2.45) is 23.7 Å². The van der Waals surface area contributed by atoms with E-state index in [4.69, 9.17) is 4.74 Å². The molecule has 0 N–H and O–H groups in total. The molecular weight excluding hydrogens is 258 g/mol. The van der Waals surface area contributed by atoms with Crippen LogP contribution in [-0.2, 0) is 19.1 Å². The van der Waals surface area contributed by atoms with Gasteiger partial charge in [0.25, 0.3) is 0 Å². The van der Waals surface area contributed by atoms with Crippen LogP contribution in [0.4, 0.5) is 0 Å². The van der Waals surface area contributed by atoms with Crippen molar-refractivity contribution in [2.45, 2.75) is 25.3 Å². The van der Waals surface area contributed by atoms with Crippen LogP contribution < -0.4 is 0 Å². The van der Waals surface area contributed by atoms with Gasteiger partial charge in [0.05, 0.1) is 12.0 Å². The van der Waals surface area contributed by atoms with Crippen molar-refractivity contribution in [3.8, 4) is 0 Å². The van der Waals surface area contributed by atoms with E-state index in [1.165, 1.54) is 0 Å². The van der Waals surface area contributed by atoms with E-state index in [1.54, 1.807) is 0 Å². The first kappa shape index (κ1) is 12.1. The van der Waals surface area contributed by atoms with E-state index in [2.05, 4.69) is 0 Å². The number of esters is 1. The Hall–Kier alpha value is -1.65. The van der Waals surface area contributed by atoms with Crippen LogP contribution in [0.1, 0.15) is 19.3 Å². The van der Waals surface area contributed by atoms with Gasteiger partial charge >= 0.3 is 5.97 Å². The predicted octanol–water partition coefficient (Wildman–Crippen LogP) is 0.542. The molecule has 0 aromatic carbocycles. The zero-order valence-electron chi connectivity index (χ0n) is 11.2. The highest BCUT2D eigenvalue weighted by molar-refractivity contribution is 6.35. The van der Waals surface area contributed by atoms with Crippen LogP contribution in [0.2, 0.25) is 0 Å². The largest absolute Gasteiger partial charge is 0.458 e. The van der Waals surface area contributed by atoms with Crippen molar-refractivity contribution in [2.75, 3.05) is 13.2 Å². The Morgan fingerprint density at radius 3 is 2.65 bits per heavy atom. The fraction of sp³-hybridized carbons (Fsp3) is 0.667. The number of ketones is 1. The lowest BCUT2D eigenvalue weighted by molar-refractivity contribution is -0.156. The summed E-state index contributed by atoms with van der Waals surface area (Å²) in [6, 6.07) is -0.0406. The highest BCUT2D eigenvalue weighted by Gasteiger charge is 2.55. The lowest BCUT2D eigenvalue weighted by atomic mass is 9.79. The number of allylic oxidation sites excluding steroid dienone is 2. The summed E-state index contributed by atoms with van der Waals surface area (Å²) in [7, 11) is 0. The van der Waals surface area contributed by atoms with Gasteiger partial charge < -0.3 is 9.64 Å². The second-order valence-corrected chi connectivity index (χ2v) is 6.29. The third-order valence-electron chi connectivity index (χ3n) is 5.32. The number of amides is 1. The number of Topliss-reactive ketones (excluding diaryl/α,β-unsaturated/α-hetero) is 1. The number of ether oxygens (including phenoxy) is 1. The molecule has 4 aliphatic rings. The molecule has 4 rings (SSSR count). The molecule has 0 spiro atoms. The second-order valence-electron chi connectivity index (χ2n) is 6.29. The molecule has 2 aliphatic heterocycles. The molecule has 106 valence electrons. The van der Waals surface area contributed by atoms with E-state index in [9.17, 15) is 14.4 Å². The average Bonchev–Trinajstić information content (AvgIpc) is 3.15. The van der Waals surface area contributed by atoms with Gasteiger partial charge in [-0.3, -0.25) is 9.59 Å². The molecule has 1 saturated carbocycles. The molecule has 2 aliphatic carbocycles. The highest BCUT2D eigenvalue weighted by Crippen LogP contribution is 2.50. The standard InChI is InChI=1S/C15H17NO4/c17-13-11-8-3-4-9(6-8)12(11)14(18)16-5-1-2-10(16)7-20-15(13)19/h3-4,8-12H,1-2,5-7H2/t8-,9+,10+,11-,12+/m1/s1. The molecular formula is C15H17NO4. The number of nitrogens with zero attached hydrogens (tertiary/aromatic N) is 1. The lowest BCUT2D eigenvalue weighted by Crippen LogP contribution is -2.45. The number of carbonyl (C=O) groups is 3. The van der Waals surface area contributed by atoms with Crippen LogP contribution in [0.25, 0.3) is 0 Å². The molecule has 0 aromatic rings. The molecule has 2 saturated heterocycles. The van der Waals surface area contributed by atoms with Gasteiger partial charge in [0.15, 0.2) is 0 Å². The topological polar surface area (TPSA) is 63.7 Å². The summed E-state index contributed by atoms with van der Waals surface area (Å²) in [6.45, 7) is 0.887. The summed E-state index contributed by atoms with van der Waals surface area (Å²) < 4.78 is 5.15. The Morgan fingerprint density at radius 1 is 1.10 bits per heavy atom. The summed E-state index contributed by atoms with van der Waals surface area (Å²) in [5.41, 5.74) is 0. The molecule has 20 heavy (non-hydrogen) atoms. The summed E-state index contributed by atoms with van der Waals surface area (Å²) >= 11 is 0. The Morgan fingerprint density at radius 2 is 1.85 bits per heavy atom. The van der Waals surface area contributed by atoms with Gasteiger partial charge in [-0.15, -0.1) is 0 Å². The number of fused-ring (bicyclic) bond motifs is 6. The summed E-state index contributed by atoms with van der Waals surface area (Å²) in [4.78, 5) is 38.9. The number of rotatable bonds is 0. The summed E-state index contributed by atoms with van der Waals surface area (Å²) in [6.07, 6.45) is 6.66. The zero-order valence-corrected chi connectivity index (χ0v) is 11.2. The van der Waals surface area contributed by atoms with Gasteiger partial charge in [-0.05, 0) is 31.1 Å². The molecule has 1 amide bonds. The highest BCUT2D eigenvalue weighted by atomic mass is 16.5. The number of hydrogen-bond donors (Lipinski definition) is 0. The normalized spacial score (nSPS) is 42.9. The molecule has 2 bridgehead atoms. The van der Waals surface area contributed by atoms with Gasteiger partial charge in [-0.2, -0.15) is 0 Å². The Bertz CT molecular complexity index is 526. The minimum Gasteiger partial charge on any atom is -0.458 e. The van der Waals surface area contributed by atoms with Crippen LogP contribution in [0.5, 0.6) is 0 Å². The van der Waals surface area contributed by atoms with Gasteiger partial charge in [0, 0.05) is 12.5 Å². The average molecular weight is 275 g/mol. The Labute approximate surface area is 116 Å². The van der Waals surface area contributed by atoms with Crippen LogP contribution in [0.3, 0.4) is 0 Å². The first-order valence-electron chi connectivity index (χ1n) is 7.36. The van der Waals surface area contributed by atoms with Gasteiger partial charge in [-0.1, -0.05) is 12.2 Å². The van der Waals surface area contributed by atoms with E-state index in [1.807, 2.05) is 17.1 Å². The summed E-state index contributed by atoms with van der Waals surface area (Å²) in [5, 5.41) is 0. The van der Waals surface area contributed by atoms with Crippen LogP contribution in [0, 0.1) is 23.7 Å². The number of hydrogen-bond acceptors (Lipinski definition) is 4. The molecule has 5 heteroatoms. The molecule has 5 nitrogen and oxygen atoms in total. The van der Waals surface area contributed by atoms with Crippen molar-refractivity contribution >= 4 is 17.7 Å². The van der Waals surface area contributed by atoms with Crippen LogP contribution in [0.15, 0.2) is 12.2 Å². The van der Waals surface area contributed by atoms with Crippen molar-refractivity contribution in [1.82, 2.24) is 4.90 Å². The maximum Gasteiger partial charge on any atom is 0.375 e. The van der Waals surface area contributed by atoms with E-state index in [-0.39, 0.29) is 36.3 Å². The second kappa shape index (κ2) is 4.17.